The first-order valence-corrected chi connectivity index (χ1v) is 13.4. The van der Waals surface area contributed by atoms with Gasteiger partial charge in [-0.3, -0.25) is 9.10 Å². The standard InChI is InChI=1S/C29H29FN4O3S/c1-20-9-13-25(14-10-20)33(38(36,37)26-15-11-21(2)12-16-26)19-29(35)32-31-18-24-17-22(3)34(23(24)4)28-8-6-5-7-27(28)30/h5-18H,19H2,1-4H3,(H,32,35)/b31-18+. The fourth-order valence-corrected chi connectivity index (χ4v) is 5.55. The van der Waals surface area contributed by atoms with Crippen LogP contribution in [0.15, 0.2) is 88.9 Å². The fourth-order valence-electron chi connectivity index (χ4n) is 4.13. The highest BCUT2D eigenvalue weighted by atomic mass is 32.2. The smallest absolute Gasteiger partial charge is 0.264 e. The molecule has 196 valence electrons. The Labute approximate surface area is 222 Å². The summed E-state index contributed by atoms with van der Waals surface area (Å²) in [6.45, 7) is 6.98. The van der Waals surface area contributed by atoms with Crippen LogP contribution in [0.2, 0.25) is 0 Å². The van der Waals surface area contributed by atoms with Gasteiger partial charge in [-0.05, 0) is 70.2 Å². The SMILES string of the molecule is Cc1ccc(N(CC(=O)N/N=C/c2cc(C)n(-c3ccccc3F)c2C)S(=O)(=O)c2ccc(C)cc2)cc1. The van der Waals surface area contributed by atoms with E-state index in [1.54, 1.807) is 59.2 Å². The number of carbonyl (C=O) groups is 1. The number of nitrogens with one attached hydrogen (secondary N) is 1. The average Bonchev–Trinajstić information content (AvgIpc) is 3.16. The van der Waals surface area contributed by atoms with Crippen LogP contribution >= 0.6 is 0 Å². The average molecular weight is 533 g/mol. The van der Waals surface area contributed by atoms with Crippen LogP contribution in [0.1, 0.15) is 28.1 Å². The van der Waals surface area contributed by atoms with Gasteiger partial charge in [-0.1, -0.05) is 47.5 Å². The van der Waals surface area contributed by atoms with Gasteiger partial charge in [-0.15, -0.1) is 0 Å². The summed E-state index contributed by atoms with van der Waals surface area (Å²) >= 11 is 0. The normalized spacial score (nSPS) is 11.6. The highest BCUT2D eigenvalue weighted by Gasteiger charge is 2.27. The van der Waals surface area contributed by atoms with Gasteiger partial charge in [0.05, 0.1) is 22.5 Å². The lowest BCUT2D eigenvalue weighted by molar-refractivity contribution is -0.119. The van der Waals surface area contributed by atoms with Gasteiger partial charge < -0.3 is 4.57 Å². The number of amides is 1. The monoisotopic (exact) mass is 532 g/mol. The lowest BCUT2D eigenvalue weighted by Gasteiger charge is -2.24. The van der Waals surface area contributed by atoms with E-state index >= 15 is 0 Å². The summed E-state index contributed by atoms with van der Waals surface area (Å²) in [5.41, 5.74) is 7.32. The molecule has 1 heterocycles. The van der Waals surface area contributed by atoms with Crippen LogP contribution in [0, 0.1) is 33.5 Å². The Morgan fingerprint density at radius 2 is 1.55 bits per heavy atom. The van der Waals surface area contributed by atoms with E-state index in [2.05, 4.69) is 10.5 Å². The summed E-state index contributed by atoms with van der Waals surface area (Å²) in [7, 11) is -4.02. The molecule has 1 aromatic heterocycles. The molecule has 0 atom stereocenters. The van der Waals surface area contributed by atoms with Crippen molar-refractivity contribution in [1.29, 1.82) is 0 Å². The maximum atomic E-state index is 14.4. The molecule has 0 radical (unpaired) electrons. The number of nitrogens with zero attached hydrogens (tertiary/aromatic N) is 3. The summed E-state index contributed by atoms with van der Waals surface area (Å²) in [5.74, 6) is -0.961. The molecule has 0 saturated heterocycles. The molecule has 0 saturated carbocycles. The number of para-hydroxylation sites is 1. The molecule has 0 fully saturated rings. The lowest BCUT2D eigenvalue weighted by Crippen LogP contribution is -2.39. The third-order valence-corrected chi connectivity index (χ3v) is 7.96. The topological polar surface area (TPSA) is 83.8 Å². The van der Waals surface area contributed by atoms with Crippen LogP contribution in [-0.4, -0.2) is 31.7 Å². The molecule has 1 amide bonds. The Balaban J connectivity index is 1.56. The Bertz CT molecular complexity index is 1590. The van der Waals surface area contributed by atoms with Crippen molar-refractivity contribution in [2.75, 3.05) is 10.8 Å². The maximum absolute atomic E-state index is 14.4. The number of sulfonamides is 1. The summed E-state index contributed by atoms with van der Waals surface area (Å²) < 4.78 is 44.2. The zero-order valence-corrected chi connectivity index (χ0v) is 22.5. The summed E-state index contributed by atoms with van der Waals surface area (Å²) in [6.07, 6.45) is 1.46. The van der Waals surface area contributed by atoms with Gasteiger partial charge in [0.25, 0.3) is 15.9 Å². The molecule has 0 spiro atoms. The molecule has 0 bridgehead atoms. The quantitative estimate of drug-likeness (QED) is 0.250. The predicted molar refractivity (Wildman–Crippen MR) is 148 cm³/mol. The Morgan fingerprint density at radius 3 is 2.18 bits per heavy atom. The highest BCUT2D eigenvalue weighted by Crippen LogP contribution is 2.25. The maximum Gasteiger partial charge on any atom is 0.264 e. The first-order valence-electron chi connectivity index (χ1n) is 12.0. The van der Waals surface area contributed by atoms with E-state index < -0.39 is 22.5 Å². The van der Waals surface area contributed by atoms with Crippen LogP contribution < -0.4 is 9.73 Å². The van der Waals surface area contributed by atoms with Crippen LogP contribution in [-0.2, 0) is 14.8 Å². The van der Waals surface area contributed by atoms with Crippen molar-refractivity contribution in [1.82, 2.24) is 9.99 Å². The number of hydrogen-bond donors (Lipinski definition) is 1. The number of anilines is 1. The predicted octanol–water partition coefficient (Wildman–Crippen LogP) is 5.20. The summed E-state index contributed by atoms with van der Waals surface area (Å²) in [6, 6.07) is 21.7. The van der Waals surface area contributed by atoms with Crippen LogP contribution in [0.3, 0.4) is 0 Å². The molecule has 0 aliphatic carbocycles. The number of hydrazone groups is 1. The van der Waals surface area contributed by atoms with E-state index in [0.717, 1.165) is 26.8 Å². The Morgan fingerprint density at radius 1 is 0.947 bits per heavy atom. The zero-order chi connectivity index (χ0) is 27.4. The van der Waals surface area contributed by atoms with Crippen molar-refractivity contribution in [3.05, 3.63) is 113 Å². The number of rotatable bonds is 8. The Kier molecular flexibility index (Phi) is 7.78. The third-order valence-electron chi connectivity index (χ3n) is 6.17. The first-order chi connectivity index (χ1) is 18.1. The minimum Gasteiger partial charge on any atom is -0.315 e. The molecule has 7 nitrogen and oxygen atoms in total. The second-order valence-electron chi connectivity index (χ2n) is 9.07. The number of benzene rings is 3. The lowest BCUT2D eigenvalue weighted by atomic mass is 10.2. The van der Waals surface area contributed by atoms with Gasteiger partial charge in [0.15, 0.2) is 0 Å². The van der Waals surface area contributed by atoms with Gasteiger partial charge in [0.2, 0.25) is 0 Å². The molecule has 0 aliphatic heterocycles. The van der Waals surface area contributed by atoms with E-state index in [0.29, 0.717) is 16.9 Å². The first kappa shape index (κ1) is 26.8. The van der Waals surface area contributed by atoms with Crippen LogP contribution in [0.25, 0.3) is 5.69 Å². The molecule has 4 rings (SSSR count). The van der Waals surface area contributed by atoms with E-state index in [-0.39, 0.29) is 10.7 Å². The van der Waals surface area contributed by atoms with E-state index in [1.165, 1.54) is 24.4 Å². The van der Waals surface area contributed by atoms with Gasteiger partial charge in [-0.25, -0.2) is 18.2 Å². The van der Waals surface area contributed by atoms with Gasteiger partial charge in [-0.2, -0.15) is 5.10 Å². The van der Waals surface area contributed by atoms with E-state index in [4.69, 9.17) is 0 Å². The summed E-state index contributed by atoms with van der Waals surface area (Å²) in [5, 5.41) is 4.05. The molecular weight excluding hydrogens is 503 g/mol. The molecule has 38 heavy (non-hydrogen) atoms. The van der Waals surface area contributed by atoms with Crippen molar-refractivity contribution < 1.29 is 17.6 Å². The van der Waals surface area contributed by atoms with Crippen LogP contribution in [0.5, 0.6) is 0 Å². The van der Waals surface area contributed by atoms with Crippen molar-refractivity contribution in [2.45, 2.75) is 32.6 Å². The molecule has 9 heteroatoms. The number of hydrogen-bond acceptors (Lipinski definition) is 4. The van der Waals surface area contributed by atoms with Crippen molar-refractivity contribution >= 4 is 27.8 Å². The van der Waals surface area contributed by atoms with Crippen molar-refractivity contribution in [3.8, 4) is 5.69 Å². The van der Waals surface area contributed by atoms with Gasteiger partial charge >= 0.3 is 0 Å². The molecule has 4 aromatic rings. The molecule has 1 N–H and O–H groups in total. The minimum absolute atomic E-state index is 0.0839. The molecule has 3 aromatic carbocycles. The van der Waals surface area contributed by atoms with Gasteiger partial charge in [0, 0.05) is 17.0 Å². The second-order valence-corrected chi connectivity index (χ2v) is 10.9. The highest BCUT2D eigenvalue weighted by molar-refractivity contribution is 7.92. The second kappa shape index (κ2) is 11.0. The van der Waals surface area contributed by atoms with Crippen molar-refractivity contribution in [2.24, 2.45) is 5.10 Å². The van der Waals surface area contributed by atoms with E-state index in [9.17, 15) is 17.6 Å². The van der Waals surface area contributed by atoms with Crippen molar-refractivity contribution in [3.63, 3.8) is 0 Å². The zero-order valence-electron chi connectivity index (χ0n) is 21.6. The van der Waals surface area contributed by atoms with Crippen LogP contribution in [0.4, 0.5) is 10.1 Å². The molecule has 0 aliphatic rings. The largest absolute Gasteiger partial charge is 0.315 e. The van der Waals surface area contributed by atoms with Gasteiger partial charge in [0.1, 0.15) is 12.4 Å². The van der Waals surface area contributed by atoms with E-state index in [1.807, 2.05) is 33.8 Å². The number of halogens is 1. The molecule has 0 unspecified atom stereocenters. The number of aryl methyl sites for hydroxylation is 3. The Hall–Kier alpha value is -4.24. The fraction of sp³-hybridized carbons (Fsp3) is 0.172. The number of aromatic nitrogens is 1. The summed E-state index contributed by atoms with van der Waals surface area (Å²) in [4.78, 5) is 12.9. The minimum atomic E-state index is -4.02. The third kappa shape index (κ3) is 5.68. The number of carbonyl (C=O) groups excluding carboxylic acids is 1. The molecular formula is C29H29FN4O3S.